The van der Waals surface area contributed by atoms with Crippen LogP contribution in [-0.4, -0.2) is 11.1 Å². The van der Waals surface area contributed by atoms with Gasteiger partial charge in [0.25, 0.3) is 0 Å². The number of carboxylic acids is 1. The van der Waals surface area contributed by atoms with Gasteiger partial charge in [-0.25, -0.2) is 4.79 Å². The summed E-state index contributed by atoms with van der Waals surface area (Å²) in [6, 6.07) is 0. The number of allylic oxidation sites excluding steroid dienone is 2. The lowest BCUT2D eigenvalue weighted by Gasteiger charge is -1.87. The van der Waals surface area contributed by atoms with Crippen LogP contribution in [0.4, 0.5) is 0 Å². The fourth-order valence-electron chi connectivity index (χ4n) is 0.393. The molecule has 0 aliphatic heterocycles. The highest BCUT2D eigenvalue weighted by atomic mass is 16.4. The second-order valence-electron chi connectivity index (χ2n) is 2.81. The molecule has 70 valence electrons. The second-order valence-corrected chi connectivity index (χ2v) is 2.81. The van der Waals surface area contributed by atoms with E-state index in [1.54, 1.807) is 13.0 Å². The first-order chi connectivity index (χ1) is 5.41. The van der Waals surface area contributed by atoms with Crippen LogP contribution in [0.3, 0.4) is 0 Å². The molecule has 0 aromatic heterocycles. The maximum Gasteiger partial charge on any atom is 0.330 e. The number of carboxylic acid groups (broad SMARTS) is 1. The molecule has 0 heterocycles. The van der Waals surface area contributed by atoms with Crippen molar-refractivity contribution in [1.82, 2.24) is 0 Å². The predicted molar refractivity (Wildman–Crippen MR) is 52.2 cm³/mol. The SMILES string of the molecule is C=C(C)C.CCC=C(C)C(=O)O. The van der Waals surface area contributed by atoms with E-state index >= 15 is 0 Å². The molecule has 0 bridgehead atoms. The van der Waals surface area contributed by atoms with Gasteiger partial charge in [0.2, 0.25) is 0 Å². The molecule has 12 heavy (non-hydrogen) atoms. The number of hydrogen-bond acceptors (Lipinski definition) is 1. The first-order valence-electron chi connectivity index (χ1n) is 3.94. The highest BCUT2D eigenvalue weighted by Crippen LogP contribution is 1.92. The lowest BCUT2D eigenvalue weighted by Crippen LogP contribution is -1.94. The molecule has 2 heteroatoms. The predicted octanol–water partition coefficient (Wildman–Crippen LogP) is 3.01. The Hall–Kier alpha value is -1.05. The van der Waals surface area contributed by atoms with Crippen molar-refractivity contribution in [1.29, 1.82) is 0 Å². The van der Waals surface area contributed by atoms with Gasteiger partial charge in [0.15, 0.2) is 0 Å². The van der Waals surface area contributed by atoms with Crippen molar-refractivity contribution in [2.45, 2.75) is 34.1 Å². The fraction of sp³-hybridized carbons (Fsp3) is 0.500. The van der Waals surface area contributed by atoms with Gasteiger partial charge in [-0.2, -0.15) is 0 Å². The van der Waals surface area contributed by atoms with Gasteiger partial charge in [-0.3, -0.25) is 0 Å². The van der Waals surface area contributed by atoms with Crippen molar-refractivity contribution < 1.29 is 9.90 Å². The minimum absolute atomic E-state index is 0.424. The van der Waals surface area contributed by atoms with E-state index in [1.165, 1.54) is 5.57 Å². The van der Waals surface area contributed by atoms with Crippen molar-refractivity contribution in [3.05, 3.63) is 23.8 Å². The van der Waals surface area contributed by atoms with Crippen LogP contribution in [0.5, 0.6) is 0 Å². The van der Waals surface area contributed by atoms with Gasteiger partial charge in [0.1, 0.15) is 0 Å². The molecule has 0 saturated heterocycles. The van der Waals surface area contributed by atoms with Gasteiger partial charge in [0.05, 0.1) is 0 Å². The molecule has 0 aromatic carbocycles. The summed E-state index contributed by atoms with van der Waals surface area (Å²) in [5.41, 5.74) is 1.59. The van der Waals surface area contributed by atoms with Gasteiger partial charge in [-0.1, -0.05) is 18.6 Å². The molecule has 2 nitrogen and oxygen atoms in total. The van der Waals surface area contributed by atoms with Crippen molar-refractivity contribution in [2.75, 3.05) is 0 Å². The largest absolute Gasteiger partial charge is 0.478 e. The van der Waals surface area contributed by atoms with Crippen molar-refractivity contribution >= 4 is 5.97 Å². The van der Waals surface area contributed by atoms with Crippen LogP contribution in [0.25, 0.3) is 0 Å². The normalized spacial score (nSPS) is 9.83. The van der Waals surface area contributed by atoms with E-state index in [2.05, 4.69) is 6.58 Å². The summed E-state index contributed by atoms with van der Waals surface area (Å²) in [5, 5.41) is 8.24. The maximum absolute atomic E-state index is 10.0. The summed E-state index contributed by atoms with van der Waals surface area (Å²) in [6.45, 7) is 11.0. The monoisotopic (exact) mass is 170 g/mol. The lowest BCUT2D eigenvalue weighted by atomic mass is 10.2. The molecule has 0 unspecified atom stereocenters. The minimum Gasteiger partial charge on any atom is -0.478 e. The van der Waals surface area contributed by atoms with Crippen molar-refractivity contribution in [3.8, 4) is 0 Å². The highest BCUT2D eigenvalue weighted by Gasteiger charge is 1.94. The third-order valence-electron chi connectivity index (χ3n) is 0.848. The molecule has 0 fully saturated rings. The number of hydrogen-bond donors (Lipinski definition) is 1. The Morgan fingerprint density at radius 2 is 1.75 bits per heavy atom. The van der Waals surface area contributed by atoms with Crippen LogP contribution in [-0.2, 0) is 4.79 Å². The second kappa shape index (κ2) is 8.05. The first-order valence-corrected chi connectivity index (χ1v) is 3.94. The van der Waals surface area contributed by atoms with E-state index in [9.17, 15) is 4.79 Å². The molecule has 0 aliphatic rings. The molecular formula is C10H18O2. The van der Waals surface area contributed by atoms with Gasteiger partial charge < -0.3 is 5.11 Å². The zero-order chi connectivity index (χ0) is 10.1. The summed E-state index contributed by atoms with van der Waals surface area (Å²) in [6.07, 6.45) is 2.47. The quantitative estimate of drug-likeness (QED) is 0.511. The lowest BCUT2D eigenvalue weighted by molar-refractivity contribution is -0.132. The van der Waals surface area contributed by atoms with Gasteiger partial charge >= 0.3 is 5.97 Å². The Morgan fingerprint density at radius 1 is 1.42 bits per heavy atom. The van der Waals surface area contributed by atoms with Crippen LogP contribution >= 0.6 is 0 Å². The average molecular weight is 170 g/mol. The molecule has 0 spiro atoms. The van der Waals surface area contributed by atoms with Gasteiger partial charge in [0, 0.05) is 5.57 Å². The van der Waals surface area contributed by atoms with Crippen LogP contribution in [0.1, 0.15) is 34.1 Å². The third-order valence-corrected chi connectivity index (χ3v) is 0.848. The summed E-state index contributed by atoms with van der Waals surface area (Å²) in [4.78, 5) is 10.0. The Labute approximate surface area is 74.6 Å². The van der Waals surface area contributed by atoms with E-state index in [-0.39, 0.29) is 0 Å². The summed E-state index contributed by atoms with van der Waals surface area (Å²) >= 11 is 0. The molecule has 1 N–H and O–H groups in total. The molecule has 0 aromatic rings. The third kappa shape index (κ3) is 16.0. The highest BCUT2D eigenvalue weighted by molar-refractivity contribution is 5.85. The Kier molecular flexibility index (Phi) is 9.08. The van der Waals surface area contributed by atoms with Gasteiger partial charge in [-0.05, 0) is 27.2 Å². The molecule has 0 saturated carbocycles. The van der Waals surface area contributed by atoms with Crippen molar-refractivity contribution in [3.63, 3.8) is 0 Å². The van der Waals surface area contributed by atoms with Crippen LogP contribution in [0.15, 0.2) is 23.8 Å². The van der Waals surface area contributed by atoms with Crippen molar-refractivity contribution in [2.24, 2.45) is 0 Å². The summed E-state index contributed by atoms with van der Waals surface area (Å²) in [5.74, 6) is -0.827. The van der Waals surface area contributed by atoms with E-state index < -0.39 is 5.97 Å². The Balaban J connectivity index is 0. The van der Waals surface area contributed by atoms with Crippen LogP contribution < -0.4 is 0 Å². The van der Waals surface area contributed by atoms with Crippen LogP contribution in [0.2, 0.25) is 0 Å². The molecule has 0 radical (unpaired) electrons. The molecule has 0 rings (SSSR count). The molecular weight excluding hydrogens is 152 g/mol. The molecule has 0 amide bonds. The fourth-order valence-corrected chi connectivity index (χ4v) is 0.393. The summed E-state index contributed by atoms with van der Waals surface area (Å²) in [7, 11) is 0. The van der Waals surface area contributed by atoms with Crippen LogP contribution in [0, 0.1) is 0 Å². The molecule has 0 atom stereocenters. The van der Waals surface area contributed by atoms with E-state index in [1.807, 2.05) is 20.8 Å². The van der Waals surface area contributed by atoms with E-state index in [0.29, 0.717) is 5.57 Å². The molecule has 0 aliphatic carbocycles. The topological polar surface area (TPSA) is 37.3 Å². The zero-order valence-electron chi connectivity index (χ0n) is 8.35. The van der Waals surface area contributed by atoms with Gasteiger partial charge in [-0.15, -0.1) is 6.58 Å². The first kappa shape index (κ1) is 13.5. The average Bonchev–Trinajstić information content (AvgIpc) is 1.86. The summed E-state index contributed by atoms with van der Waals surface area (Å²) < 4.78 is 0. The number of carbonyl (C=O) groups is 1. The maximum atomic E-state index is 10.0. The number of rotatable bonds is 2. The van der Waals surface area contributed by atoms with E-state index in [4.69, 9.17) is 5.11 Å². The zero-order valence-corrected chi connectivity index (χ0v) is 8.35. The smallest absolute Gasteiger partial charge is 0.330 e. The van der Waals surface area contributed by atoms with E-state index in [0.717, 1.165) is 6.42 Å². The Bertz CT molecular complexity index is 174. The number of aliphatic carboxylic acids is 1. The Morgan fingerprint density at radius 3 is 1.83 bits per heavy atom. The standard InChI is InChI=1S/C6H10O2.C4H8/c1-3-4-5(2)6(7)8;1-4(2)3/h4H,3H2,1-2H3,(H,7,8);1H2,2-3H3. The minimum atomic E-state index is -0.827.